The molecule has 0 fully saturated rings. The fourth-order valence-electron chi connectivity index (χ4n) is 7.41. The van der Waals surface area contributed by atoms with Crippen LogP contribution in [0.4, 0.5) is 0 Å². The molecule has 0 aromatic carbocycles. The van der Waals surface area contributed by atoms with Gasteiger partial charge in [0.1, 0.15) is 36.3 Å². The van der Waals surface area contributed by atoms with Gasteiger partial charge in [0.05, 0.1) is 5.60 Å². The summed E-state index contributed by atoms with van der Waals surface area (Å²) >= 11 is 1.32. The first-order valence-electron chi connectivity index (χ1n) is 23.8. The third kappa shape index (κ3) is 20.5. The third-order valence-electron chi connectivity index (χ3n) is 11.6. The number of rotatable bonds is 30. The van der Waals surface area contributed by atoms with Gasteiger partial charge in [0.2, 0.25) is 41.4 Å². The van der Waals surface area contributed by atoms with E-state index < -0.39 is 88.6 Å². The van der Waals surface area contributed by atoms with Crippen LogP contribution in [0.3, 0.4) is 0 Å². The molecule has 0 aliphatic rings. The van der Waals surface area contributed by atoms with Crippen LogP contribution in [0.15, 0.2) is 0 Å². The molecule has 0 radical (unpaired) electrons. The van der Waals surface area contributed by atoms with Gasteiger partial charge in [-0.15, -0.1) is 11.8 Å². The van der Waals surface area contributed by atoms with Crippen LogP contribution in [0.1, 0.15) is 129 Å². The number of amides is 8. The van der Waals surface area contributed by atoms with Crippen LogP contribution in [-0.2, 0) is 38.4 Å². The van der Waals surface area contributed by atoms with Gasteiger partial charge in [-0.25, -0.2) is 0 Å². The Morgan fingerprint density at radius 3 is 1.53 bits per heavy atom. The molecule has 5 N–H and O–H groups in total. The maximum Gasteiger partial charge on any atom is 0.256 e. The highest BCUT2D eigenvalue weighted by Gasteiger charge is 2.41. The van der Waals surface area contributed by atoms with Crippen molar-refractivity contribution in [2.75, 3.05) is 60.6 Å². The lowest BCUT2D eigenvalue weighted by molar-refractivity contribution is -0.148. The van der Waals surface area contributed by atoms with E-state index in [9.17, 15) is 43.5 Å². The highest BCUT2D eigenvalue weighted by Crippen LogP contribution is 2.24. The normalized spacial score (nSPS) is 15.0. The highest BCUT2D eigenvalue weighted by molar-refractivity contribution is 8.00. The smallest absolute Gasteiger partial charge is 0.256 e. The second-order valence-electron chi connectivity index (χ2n) is 19.3. The number of nitrogens with zero attached hydrogens (tertiary/aromatic N) is 5. The molecule has 0 bridgehead atoms. The maximum atomic E-state index is 14.4. The summed E-state index contributed by atoms with van der Waals surface area (Å²) in [6, 6.07) is -6.40. The molecule has 382 valence electrons. The first-order chi connectivity index (χ1) is 30.5. The predicted octanol–water partition coefficient (Wildman–Crippen LogP) is 2.67. The minimum atomic E-state index is -1.42. The lowest BCUT2D eigenvalue weighted by Crippen LogP contribution is -2.61. The Balaban J connectivity index is 6.51. The molecular formula is C47H89N9O9S. The molecule has 18 nitrogen and oxygen atoms in total. The van der Waals surface area contributed by atoms with Crippen LogP contribution in [0.5, 0.6) is 0 Å². The first-order valence-corrected chi connectivity index (χ1v) is 24.8. The summed E-state index contributed by atoms with van der Waals surface area (Å²) in [7, 11) is 7.49. The fraction of sp³-hybridized carbons (Fsp3) is 0.830. The molecule has 66 heavy (non-hydrogen) atoms. The van der Waals surface area contributed by atoms with Crippen molar-refractivity contribution >= 4 is 59.0 Å². The van der Waals surface area contributed by atoms with Gasteiger partial charge >= 0.3 is 0 Å². The van der Waals surface area contributed by atoms with Crippen molar-refractivity contribution in [1.82, 2.24) is 45.8 Å². The zero-order valence-corrected chi connectivity index (χ0v) is 44.5. The summed E-state index contributed by atoms with van der Waals surface area (Å²) in [5.41, 5.74) is -1.42. The van der Waals surface area contributed by atoms with Crippen LogP contribution in [0.2, 0.25) is 0 Å². The number of carbonyl (C=O) groups excluding carboxylic acids is 8. The number of thioether (sulfide) groups is 1. The minimum Gasteiger partial charge on any atom is -0.390 e. The van der Waals surface area contributed by atoms with Crippen molar-refractivity contribution in [2.24, 2.45) is 17.8 Å². The molecule has 0 unspecified atom stereocenters. The standard InChI is InChI=1S/C47H89N9O9S/c1-19-23-37(57)55(18)46(66-25-22-24-56(20-2)21-3)45(64)54(17)36(28-47(12,13)65)42(61)51-38(31(8)9)44(63)53(16)35(27-30(6)7)41(60)49-32(10)39(58)50-33(11)43(62)52(15)34(26-29(4)5)40(59)48-14/h29-36,38,46,65H,19-28H2,1-18H3,(H,48,59)(H,49,60)(H,50,58)(H,51,61)/t32-,33-,34-,35-,36-,38-,46+/m0/s1. The predicted molar refractivity (Wildman–Crippen MR) is 262 cm³/mol. The van der Waals surface area contributed by atoms with Gasteiger partial charge in [-0.1, -0.05) is 62.3 Å². The second-order valence-corrected chi connectivity index (χ2v) is 20.5. The number of hydrogen-bond donors (Lipinski definition) is 5. The molecule has 0 spiro atoms. The summed E-state index contributed by atoms with van der Waals surface area (Å²) in [4.78, 5) is 117. The monoisotopic (exact) mass is 956 g/mol. The Morgan fingerprint density at radius 2 is 1.08 bits per heavy atom. The van der Waals surface area contributed by atoms with E-state index in [0.717, 1.165) is 26.1 Å². The summed E-state index contributed by atoms with van der Waals surface area (Å²) in [5, 5.41) is 20.8. The van der Waals surface area contributed by atoms with E-state index in [0.29, 0.717) is 18.6 Å². The highest BCUT2D eigenvalue weighted by atomic mass is 32.2. The molecule has 0 rings (SSSR count). The molecule has 19 heteroatoms. The quantitative estimate of drug-likeness (QED) is 0.0521. The van der Waals surface area contributed by atoms with E-state index in [1.807, 2.05) is 34.6 Å². The molecule has 0 aliphatic heterocycles. The van der Waals surface area contributed by atoms with Crippen LogP contribution < -0.4 is 21.3 Å². The average Bonchev–Trinajstić information content (AvgIpc) is 3.24. The average molecular weight is 956 g/mol. The van der Waals surface area contributed by atoms with E-state index in [1.165, 1.54) is 87.2 Å². The molecule has 8 amide bonds. The largest absolute Gasteiger partial charge is 0.390 e. The molecule has 0 heterocycles. The van der Waals surface area contributed by atoms with Crippen molar-refractivity contribution in [3.63, 3.8) is 0 Å². The summed E-state index contributed by atoms with van der Waals surface area (Å²) in [6.07, 6.45) is 2.03. The molecule has 7 atom stereocenters. The Labute approximate surface area is 401 Å². The van der Waals surface area contributed by atoms with E-state index in [4.69, 9.17) is 0 Å². The Bertz CT molecular complexity index is 1590. The Morgan fingerprint density at radius 1 is 0.606 bits per heavy atom. The van der Waals surface area contributed by atoms with Crippen molar-refractivity contribution in [1.29, 1.82) is 0 Å². The molecule has 0 saturated carbocycles. The van der Waals surface area contributed by atoms with Crippen LogP contribution >= 0.6 is 11.8 Å². The number of hydrogen-bond acceptors (Lipinski definition) is 11. The first kappa shape index (κ1) is 62.0. The second kappa shape index (κ2) is 29.7. The molecule has 0 saturated heterocycles. The van der Waals surface area contributed by atoms with Gasteiger partial charge in [-0.05, 0) is 96.5 Å². The zero-order valence-electron chi connectivity index (χ0n) is 43.7. The third-order valence-corrected chi connectivity index (χ3v) is 13.0. The number of likely N-dealkylation sites (N-methyl/N-ethyl adjacent to an activating group) is 5. The zero-order chi connectivity index (χ0) is 51.4. The SMILES string of the molecule is CCCC(=O)N(C)[C@H](SCCCN(CC)CC)C(=O)N(C)[C@@H](CC(C)(C)O)C(=O)N[C@H](C(=O)N(C)[C@@H](CC(C)C)C(=O)N[C@@H](C)C(=O)N[C@@H](C)C(=O)N(C)[C@@H](CC(C)C)C(=O)NC)C(C)C. The lowest BCUT2D eigenvalue weighted by Gasteiger charge is -2.38. The summed E-state index contributed by atoms with van der Waals surface area (Å²) in [5.74, 6) is -3.99. The minimum absolute atomic E-state index is 0.0827. The van der Waals surface area contributed by atoms with Crippen LogP contribution in [0, 0.1) is 17.8 Å². The van der Waals surface area contributed by atoms with Crippen molar-refractivity contribution in [2.45, 2.75) is 176 Å². The van der Waals surface area contributed by atoms with Crippen molar-refractivity contribution < 1.29 is 43.5 Å². The van der Waals surface area contributed by atoms with E-state index in [1.54, 1.807) is 20.9 Å². The molecule has 0 aliphatic carbocycles. The number of aliphatic hydroxyl groups is 1. The van der Waals surface area contributed by atoms with Crippen molar-refractivity contribution in [3.8, 4) is 0 Å². The van der Waals surface area contributed by atoms with Gasteiger partial charge in [0.25, 0.3) is 5.91 Å². The van der Waals surface area contributed by atoms with E-state index in [2.05, 4.69) is 40.0 Å². The van der Waals surface area contributed by atoms with Gasteiger partial charge in [0, 0.05) is 48.1 Å². The number of carbonyl (C=O) groups is 8. The van der Waals surface area contributed by atoms with Gasteiger partial charge in [0.15, 0.2) is 5.37 Å². The number of nitrogens with one attached hydrogen (secondary N) is 4. The maximum absolute atomic E-state index is 14.4. The topological polar surface area (TPSA) is 221 Å². The Hall–Kier alpha value is -3.97. The van der Waals surface area contributed by atoms with E-state index in [-0.39, 0.29) is 42.9 Å². The van der Waals surface area contributed by atoms with Gasteiger partial charge in [-0.2, -0.15) is 0 Å². The van der Waals surface area contributed by atoms with E-state index >= 15 is 0 Å². The Kier molecular flexibility index (Phi) is 27.9. The van der Waals surface area contributed by atoms with Gasteiger partial charge in [-0.3, -0.25) is 38.4 Å². The molecule has 0 aromatic rings. The summed E-state index contributed by atoms with van der Waals surface area (Å²) < 4.78 is 0. The lowest BCUT2D eigenvalue weighted by atomic mass is 9.95. The molecule has 0 aromatic heterocycles. The van der Waals surface area contributed by atoms with Gasteiger partial charge < -0.3 is 50.9 Å². The fourth-order valence-corrected chi connectivity index (χ4v) is 8.58. The van der Waals surface area contributed by atoms with Crippen molar-refractivity contribution in [3.05, 3.63) is 0 Å². The van der Waals surface area contributed by atoms with Crippen LogP contribution in [0.25, 0.3) is 0 Å². The molecular weight excluding hydrogens is 867 g/mol. The summed E-state index contributed by atoms with van der Waals surface area (Å²) in [6.45, 7) is 25.7. The van der Waals surface area contributed by atoms with Crippen LogP contribution in [-0.4, -0.2) is 185 Å².